The third-order valence-electron chi connectivity index (χ3n) is 4.83. The van der Waals surface area contributed by atoms with Crippen LogP contribution in [0, 0.1) is 5.92 Å². The lowest BCUT2D eigenvalue weighted by atomic mass is 10.1. The molecule has 1 aliphatic rings. The Bertz CT molecular complexity index is 1090. The van der Waals surface area contributed by atoms with E-state index in [0.717, 1.165) is 4.31 Å². The number of hydrogen-bond acceptors (Lipinski definition) is 5. The molecule has 1 unspecified atom stereocenters. The van der Waals surface area contributed by atoms with Gasteiger partial charge in [0, 0.05) is 32.7 Å². The summed E-state index contributed by atoms with van der Waals surface area (Å²) in [7, 11) is 0.538. The standard InChI is InChI=1S/C20H22ClN3O5S/c1-23(2)30(27,28)18-11-14(8-9-15(18)21)22-20(26)13-10-19(25)24(12-13)16-6-4-5-7-17(16)29-3/h4-9,11,13H,10,12H2,1-3H3,(H,22,26). The van der Waals surface area contributed by atoms with Crippen molar-refractivity contribution in [3.05, 3.63) is 47.5 Å². The van der Waals surface area contributed by atoms with Crippen LogP contribution in [0.2, 0.25) is 5.02 Å². The van der Waals surface area contributed by atoms with Gasteiger partial charge in [-0.15, -0.1) is 0 Å². The molecule has 1 saturated heterocycles. The quantitative estimate of drug-likeness (QED) is 0.728. The van der Waals surface area contributed by atoms with Crippen molar-refractivity contribution >= 4 is 44.8 Å². The van der Waals surface area contributed by atoms with Crippen LogP contribution >= 0.6 is 11.6 Å². The topological polar surface area (TPSA) is 96.0 Å². The first kappa shape index (κ1) is 22.1. The summed E-state index contributed by atoms with van der Waals surface area (Å²) in [4.78, 5) is 26.7. The third kappa shape index (κ3) is 4.28. The van der Waals surface area contributed by atoms with Gasteiger partial charge in [-0.25, -0.2) is 12.7 Å². The largest absolute Gasteiger partial charge is 0.495 e. The molecule has 1 aliphatic heterocycles. The molecule has 0 radical (unpaired) electrons. The molecular weight excluding hydrogens is 430 g/mol. The van der Waals surface area contributed by atoms with Crippen LogP contribution in [0.15, 0.2) is 47.4 Å². The van der Waals surface area contributed by atoms with Gasteiger partial charge in [-0.3, -0.25) is 9.59 Å². The van der Waals surface area contributed by atoms with E-state index in [1.165, 1.54) is 44.3 Å². The smallest absolute Gasteiger partial charge is 0.244 e. The number of carbonyl (C=O) groups excluding carboxylic acids is 2. The summed E-state index contributed by atoms with van der Waals surface area (Å²) in [5.74, 6) is -0.613. The third-order valence-corrected chi connectivity index (χ3v) is 7.13. The maximum atomic E-state index is 12.8. The summed E-state index contributed by atoms with van der Waals surface area (Å²) in [6.07, 6.45) is 0.0420. The molecule has 0 spiro atoms. The van der Waals surface area contributed by atoms with Crippen molar-refractivity contribution in [2.75, 3.05) is 38.0 Å². The monoisotopic (exact) mass is 451 g/mol. The number of para-hydroxylation sites is 2. The van der Waals surface area contributed by atoms with E-state index in [9.17, 15) is 18.0 Å². The molecule has 3 rings (SSSR count). The maximum absolute atomic E-state index is 12.8. The molecule has 0 aromatic heterocycles. The van der Waals surface area contributed by atoms with Crippen LogP contribution in [-0.2, 0) is 19.6 Å². The van der Waals surface area contributed by atoms with Crippen LogP contribution in [0.3, 0.4) is 0 Å². The Morgan fingerprint density at radius 2 is 1.93 bits per heavy atom. The van der Waals surface area contributed by atoms with Crippen molar-refractivity contribution in [1.82, 2.24) is 4.31 Å². The summed E-state index contributed by atoms with van der Waals surface area (Å²) in [6, 6.07) is 11.3. The van der Waals surface area contributed by atoms with Gasteiger partial charge in [0.25, 0.3) is 0 Å². The van der Waals surface area contributed by atoms with Gasteiger partial charge in [-0.1, -0.05) is 23.7 Å². The minimum absolute atomic E-state index is 0.0420. The number of methoxy groups -OCH3 is 1. The molecule has 30 heavy (non-hydrogen) atoms. The second-order valence-corrected chi connectivity index (χ2v) is 9.53. The molecule has 1 N–H and O–H groups in total. The first-order valence-corrected chi connectivity index (χ1v) is 10.9. The number of benzene rings is 2. The highest BCUT2D eigenvalue weighted by Crippen LogP contribution is 2.33. The average molecular weight is 452 g/mol. The fourth-order valence-corrected chi connectivity index (χ4v) is 4.58. The van der Waals surface area contributed by atoms with Crippen LogP contribution in [0.4, 0.5) is 11.4 Å². The van der Waals surface area contributed by atoms with Crippen molar-refractivity contribution < 1.29 is 22.7 Å². The van der Waals surface area contributed by atoms with Crippen LogP contribution in [0.5, 0.6) is 5.75 Å². The fraction of sp³-hybridized carbons (Fsp3) is 0.300. The van der Waals surface area contributed by atoms with Crippen molar-refractivity contribution in [1.29, 1.82) is 0 Å². The van der Waals surface area contributed by atoms with Gasteiger partial charge in [-0.2, -0.15) is 0 Å². The van der Waals surface area contributed by atoms with Crippen molar-refractivity contribution in [2.45, 2.75) is 11.3 Å². The summed E-state index contributed by atoms with van der Waals surface area (Å²) in [5.41, 5.74) is 0.888. The maximum Gasteiger partial charge on any atom is 0.244 e. The summed E-state index contributed by atoms with van der Waals surface area (Å²) >= 11 is 6.04. The molecule has 160 valence electrons. The molecule has 10 heteroatoms. The molecule has 1 atom stereocenters. The number of amides is 2. The Kier molecular flexibility index (Phi) is 6.35. The molecule has 2 amide bonds. The number of hydrogen-bond donors (Lipinski definition) is 1. The van der Waals surface area contributed by atoms with Crippen molar-refractivity contribution in [3.8, 4) is 5.75 Å². The number of nitrogens with zero attached hydrogens (tertiary/aromatic N) is 2. The van der Waals surface area contributed by atoms with E-state index in [1.807, 2.05) is 0 Å². The SMILES string of the molecule is COc1ccccc1N1CC(C(=O)Nc2ccc(Cl)c(S(=O)(=O)N(C)C)c2)CC1=O. The van der Waals surface area contributed by atoms with Gasteiger partial charge in [0.1, 0.15) is 10.6 Å². The highest BCUT2D eigenvalue weighted by molar-refractivity contribution is 7.89. The predicted molar refractivity (Wildman–Crippen MR) is 114 cm³/mol. The van der Waals surface area contributed by atoms with Crippen LogP contribution < -0.4 is 15.0 Å². The minimum Gasteiger partial charge on any atom is -0.495 e. The summed E-state index contributed by atoms with van der Waals surface area (Å²) in [6.45, 7) is 0.196. The summed E-state index contributed by atoms with van der Waals surface area (Å²) < 4.78 is 31.2. The first-order valence-electron chi connectivity index (χ1n) is 9.11. The van der Waals surface area contributed by atoms with Crippen LogP contribution in [-0.4, -0.2) is 52.3 Å². The van der Waals surface area contributed by atoms with E-state index in [4.69, 9.17) is 16.3 Å². The predicted octanol–water partition coefficient (Wildman–Crippen LogP) is 2.59. The number of carbonyl (C=O) groups is 2. The Hall–Kier alpha value is -2.62. The molecule has 0 bridgehead atoms. The lowest BCUT2D eigenvalue weighted by molar-refractivity contribution is -0.122. The zero-order valence-corrected chi connectivity index (χ0v) is 18.3. The molecule has 1 fully saturated rings. The van der Waals surface area contributed by atoms with Gasteiger partial charge in [0.15, 0.2) is 0 Å². The van der Waals surface area contributed by atoms with Crippen molar-refractivity contribution in [2.24, 2.45) is 5.92 Å². The Morgan fingerprint density at radius 1 is 1.23 bits per heavy atom. The van der Waals surface area contributed by atoms with E-state index in [1.54, 1.807) is 24.3 Å². The molecule has 2 aromatic rings. The van der Waals surface area contributed by atoms with E-state index in [0.29, 0.717) is 11.4 Å². The minimum atomic E-state index is -3.77. The highest BCUT2D eigenvalue weighted by Gasteiger charge is 2.36. The summed E-state index contributed by atoms with van der Waals surface area (Å²) in [5, 5.41) is 2.75. The van der Waals surface area contributed by atoms with E-state index >= 15 is 0 Å². The molecule has 0 saturated carbocycles. The zero-order valence-electron chi connectivity index (χ0n) is 16.8. The second-order valence-electron chi connectivity index (χ2n) is 7.00. The van der Waals surface area contributed by atoms with Gasteiger partial charge in [-0.05, 0) is 30.3 Å². The number of anilines is 2. The molecule has 8 nitrogen and oxygen atoms in total. The average Bonchev–Trinajstić information content (AvgIpc) is 3.10. The lowest BCUT2D eigenvalue weighted by Gasteiger charge is -2.19. The zero-order chi connectivity index (χ0) is 22.1. The number of sulfonamides is 1. The number of nitrogens with one attached hydrogen (secondary N) is 1. The van der Waals surface area contributed by atoms with Crippen molar-refractivity contribution in [3.63, 3.8) is 0 Å². The van der Waals surface area contributed by atoms with Gasteiger partial charge >= 0.3 is 0 Å². The second kappa shape index (κ2) is 8.63. The first-order chi connectivity index (χ1) is 14.1. The fourth-order valence-electron chi connectivity index (χ4n) is 3.19. The Morgan fingerprint density at radius 3 is 2.60 bits per heavy atom. The normalized spacial score (nSPS) is 16.8. The lowest BCUT2D eigenvalue weighted by Crippen LogP contribution is -2.28. The van der Waals surface area contributed by atoms with E-state index in [2.05, 4.69) is 5.32 Å². The number of halogens is 1. The number of ether oxygens (including phenoxy) is 1. The number of rotatable bonds is 6. The Labute approximate surface area is 180 Å². The van der Waals surface area contributed by atoms with Crippen LogP contribution in [0.1, 0.15) is 6.42 Å². The van der Waals surface area contributed by atoms with Gasteiger partial charge in [0.05, 0.1) is 23.7 Å². The molecule has 0 aliphatic carbocycles. The van der Waals surface area contributed by atoms with Crippen LogP contribution in [0.25, 0.3) is 0 Å². The molecule has 2 aromatic carbocycles. The Balaban J connectivity index is 1.78. The van der Waals surface area contributed by atoms with E-state index in [-0.39, 0.29) is 40.4 Å². The molecule has 1 heterocycles. The molecular formula is C20H22ClN3O5S. The van der Waals surface area contributed by atoms with Gasteiger partial charge in [0.2, 0.25) is 21.8 Å². The van der Waals surface area contributed by atoms with Gasteiger partial charge < -0.3 is 15.0 Å². The van der Waals surface area contributed by atoms with E-state index < -0.39 is 15.9 Å². The highest BCUT2D eigenvalue weighted by atomic mass is 35.5.